The summed E-state index contributed by atoms with van der Waals surface area (Å²) in [6, 6.07) is 6.88. The van der Waals surface area contributed by atoms with Crippen molar-refractivity contribution in [3.05, 3.63) is 35.6 Å². The molecule has 1 aromatic rings. The number of rotatable bonds is 2. The smallest absolute Gasteiger partial charge is 0.123 e. The van der Waals surface area contributed by atoms with Crippen molar-refractivity contribution < 1.29 is 9.13 Å². The Morgan fingerprint density at radius 1 is 1.56 bits per heavy atom. The van der Waals surface area contributed by atoms with E-state index in [1.807, 2.05) is 6.07 Å². The van der Waals surface area contributed by atoms with Gasteiger partial charge in [-0.25, -0.2) is 4.39 Å². The van der Waals surface area contributed by atoms with E-state index in [4.69, 9.17) is 10.5 Å². The molecule has 0 bridgehead atoms. The monoisotopic (exact) mass is 223 g/mol. The second-order valence-corrected chi connectivity index (χ2v) is 4.86. The van der Waals surface area contributed by atoms with E-state index in [0.29, 0.717) is 6.61 Å². The second kappa shape index (κ2) is 4.52. The Bertz CT molecular complexity index is 369. The molecule has 1 saturated heterocycles. The zero-order valence-corrected chi connectivity index (χ0v) is 9.58. The van der Waals surface area contributed by atoms with Gasteiger partial charge in [-0.15, -0.1) is 0 Å². The summed E-state index contributed by atoms with van der Waals surface area (Å²) in [7, 11) is 0. The van der Waals surface area contributed by atoms with E-state index in [0.717, 1.165) is 24.8 Å². The van der Waals surface area contributed by atoms with Gasteiger partial charge in [0, 0.05) is 19.1 Å². The van der Waals surface area contributed by atoms with Gasteiger partial charge in [0.2, 0.25) is 0 Å². The number of ether oxygens (including phenoxy) is 1. The van der Waals surface area contributed by atoms with Gasteiger partial charge >= 0.3 is 0 Å². The fraction of sp³-hybridized carbons (Fsp3) is 0.538. The van der Waals surface area contributed by atoms with Crippen LogP contribution in [0.4, 0.5) is 4.39 Å². The van der Waals surface area contributed by atoms with Crippen molar-refractivity contribution in [2.45, 2.75) is 37.8 Å². The Hall–Kier alpha value is -0.930. The normalized spacial score (nSPS) is 30.3. The van der Waals surface area contributed by atoms with Gasteiger partial charge in [-0.3, -0.25) is 0 Å². The molecule has 2 atom stereocenters. The van der Waals surface area contributed by atoms with Crippen LogP contribution in [-0.2, 0) is 11.2 Å². The maximum atomic E-state index is 13.1. The molecule has 2 N–H and O–H groups in total. The van der Waals surface area contributed by atoms with Crippen LogP contribution in [0.1, 0.15) is 25.3 Å². The molecule has 0 amide bonds. The Balaban J connectivity index is 2.08. The van der Waals surface area contributed by atoms with Crippen molar-refractivity contribution in [2.75, 3.05) is 6.61 Å². The van der Waals surface area contributed by atoms with Crippen molar-refractivity contribution in [1.82, 2.24) is 0 Å². The summed E-state index contributed by atoms with van der Waals surface area (Å²) in [4.78, 5) is 0. The van der Waals surface area contributed by atoms with Crippen LogP contribution in [0.15, 0.2) is 24.3 Å². The predicted molar refractivity (Wildman–Crippen MR) is 61.7 cm³/mol. The third-order valence-electron chi connectivity index (χ3n) is 3.10. The van der Waals surface area contributed by atoms with E-state index in [2.05, 4.69) is 6.92 Å². The first-order chi connectivity index (χ1) is 7.57. The van der Waals surface area contributed by atoms with Crippen molar-refractivity contribution >= 4 is 0 Å². The molecular formula is C13H18FNO. The highest BCUT2D eigenvalue weighted by Crippen LogP contribution is 2.27. The Kier molecular flexibility index (Phi) is 3.26. The molecule has 0 aliphatic carbocycles. The molecule has 0 saturated carbocycles. The van der Waals surface area contributed by atoms with Gasteiger partial charge in [-0.1, -0.05) is 12.1 Å². The van der Waals surface area contributed by atoms with Crippen LogP contribution < -0.4 is 5.73 Å². The highest BCUT2D eigenvalue weighted by atomic mass is 19.1. The van der Waals surface area contributed by atoms with Crippen LogP contribution in [0.5, 0.6) is 0 Å². The summed E-state index contributed by atoms with van der Waals surface area (Å²) in [5, 5.41) is 0. The highest BCUT2D eigenvalue weighted by molar-refractivity contribution is 5.18. The molecule has 1 aliphatic rings. The van der Waals surface area contributed by atoms with Gasteiger partial charge < -0.3 is 10.5 Å². The minimum absolute atomic E-state index is 0.193. The quantitative estimate of drug-likeness (QED) is 0.834. The van der Waals surface area contributed by atoms with Crippen molar-refractivity contribution in [2.24, 2.45) is 5.73 Å². The lowest BCUT2D eigenvalue weighted by Crippen LogP contribution is -2.44. The molecule has 0 aromatic heterocycles. The molecule has 1 fully saturated rings. The third kappa shape index (κ3) is 2.80. The van der Waals surface area contributed by atoms with Gasteiger partial charge in [0.25, 0.3) is 0 Å². The summed E-state index contributed by atoms with van der Waals surface area (Å²) in [6.45, 7) is 2.75. The minimum atomic E-state index is -0.245. The first-order valence-corrected chi connectivity index (χ1v) is 5.71. The van der Waals surface area contributed by atoms with E-state index in [1.165, 1.54) is 6.07 Å². The summed E-state index contributed by atoms with van der Waals surface area (Å²) < 4.78 is 18.8. The fourth-order valence-corrected chi connectivity index (χ4v) is 2.37. The van der Waals surface area contributed by atoms with E-state index in [9.17, 15) is 4.39 Å². The van der Waals surface area contributed by atoms with Crippen molar-refractivity contribution in [3.63, 3.8) is 0 Å². The van der Waals surface area contributed by atoms with Crippen molar-refractivity contribution in [3.8, 4) is 0 Å². The van der Waals surface area contributed by atoms with Crippen LogP contribution in [0, 0.1) is 5.82 Å². The Morgan fingerprint density at radius 3 is 3.06 bits per heavy atom. The molecule has 2 nitrogen and oxygen atoms in total. The molecule has 0 spiro atoms. The number of nitrogens with two attached hydrogens (primary N) is 1. The van der Waals surface area contributed by atoms with Crippen LogP contribution >= 0.6 is 0 Å². The van der Waals surface area contributed by atoms with E-state index in [-0.39, 0.29) is 17.5 Å². The molecule has 1 aliphatic heterocycles. The standard InChI is InChI=1S/C13H18FNO/c1-13(9-12(15)5-6-16-13)8-10-3-2-4-11(14)7-10/h2-4,7,12H,5-6,8-9,15H2,1H3. The summed E-state index contributed by atoms with van der Waals surface area (Å²) >= 11 is 0. The van der Waals surface area contributed by atoms with E-state index in [1.54, 1.807) is 12.1 Å². The average molecular weight is 223 g/mol. The van der Waals surface area contributed by atoms with Gasteiger partial charge in [0.05, 0.1) is 5.60 Å². The Labute approximate surface area is 95.6 Å². The third-order valence-corrected chi connectivity index (χ3v) is 3.10. The van der Waals surface area contributed by atoms with Crippen LogP contribution in [0.3, 0.4) is 0 Å². The van der Waals surface area contributed by atoms with Gasteiger partial charge in [0.1, 0.15) is 5.82 Å². The average Bonchev–Trinajstić information content (AvgIpc) is 2.16. The largest absolute Gasteiger partial charge is 0.375 e. The molecule has 16 heavy (non-hydrogen) atoms. The van der Waals surface area contributed by atoms with Crippen molar-refractivity contribution in [1.29, 1.82) is 0 Å². The molecule has 3 heteroatoms. The van der Waals surface area contributed by atoms with Crippen LogP contribution in [-0.4, -0.2) is 18.2 Å². The molecular weight excluding hydrogens is 205 g/mol. The van der Waals surface area contributed by atoms with E-state index >= 15 is 0 Å². The van der Waals surface area contributed by atoms with E-state index < -0.39 is 0 Å². The predicted octanol–water partition coefficient (Wildman–Crippen LogP) is 2.26. The first-order valence-electron chi connectivity index (χ1n) is 5.71. The first kappa shape index (κ1) is 11.6. The lowest BCUT2D eigenvalue weighted by Gasteiger charge is -2.37. The molecule has 1 heterocycles. The molecule has 2 unspecified atom stereocenters. The molecule has 0 radical (unpaired) electrons. The summed E-state index contributed by atoms with van der Waals surface area (Å²) in [5.41, 5.74) is 6.66. The Morgan fingerprint density at radius 2 is 2.38 bits per heavy atom. The maximum Gasteiger partial charge on any atom is 0.123 e. The van der Waals surface area contributed by atoms with Crippen LogP contribution in [0.25, 0.3) is 0 Å². The second-order valence-electron chi connectivity index (χ2n) is 4.86. The van der Waals surface area contributed by atoms with Crippen LogP contribution in [0.2, 0.25) is 0 Å². The highest BCUT2D eigenvalue weighted by Gasteiger charge is 2.31. The van der Waals surface area contributed by atoms with Gasteiger partial charge in [-0.2, -0.15) is 0 Å². The summed E-state index contributed by atoms with van der Waals surface area (Å²) in [6.07, 6.45) is 2.47. The zero-order valence-electron chi connectivity index (χ0n) is 9.58. The number of benzene rings is 1. The fourth-order valence-electron chi connectivity index (χ4n) is 2.37. The molecule has 88 valence electrons. The SMILES string of the molecule is CC1(Cc2cccc(F)c2)CC(N)CCO1. The molecule has 2 rings (SSSR count). The lowest BCUT2D eigenvalue weighted by atomic mass is 9.87. The zero-order chi connectivity index (χ0) is 11.6. The minimum Gasteiger partial charge on any atom is -0.375 e. The number of hydrogen-bond acceptors (Lipinski definition) is 2. The van der Waals surface area contributed by atoms with Gasteiger partial charge in [0.15, 0.2) is 0 Å². The number of hydrogen-bond donors (Lipinski definition) is 1. The molecule has 1 aromatic carbocycles. The van der Waals surface area contributed by atoms with Gasteiger partial charge in [-0.05, 0) is 37.5 Å². The topological polar surface area (TPSA) is 35.2 Å². The summed E-state index contributed by atoms with van der Waals surface area (Å²) in [5.74, 6) is -0.193. The lowest BCUT2D eigenvalue weighted by molar-refractivity contribution is -0.0706. The number of halogens is 1. The maximum absolute atomic E-state index is 13.1.